The second-order valence-electron chi connectivity index (χ2n) is 7.64. The van der Waals surface area contributed by atoms with Crippen molar-refractivity contribution in [2.24, 2.45) is 19.2 Å². The number of aliphatic hydroxyl groups is 1. The lowest BCUT2D eigenvalue weighted by atomic mass is 10.2. The molecule has 1 aromatic heterocycles. The molecule has 28 heavy (non-hydrogen) atoms. The van der Waals surface area contributed by atoms with Crippen molar-refractivity contribution in [2.75, 3.05) is 42.4 Å². The molecule has 2 N–H and O–H groups in total. The highest BCUT2D eigenvalue weighted by molar-refractivity contribution is 5.80. The zero-order valence-electron chi connectivity index (χ0n) is 16.9. The highest BCUT2D eigenvalue weighted by Crippen LogP contribution is 2.22. The van der Waals surface area contributed by atoms with Gasteiger partial charge in [0.25, 0.3) is 0 Å². The van der Waals surface area contributed by atoms with Crippen LogP contribution in [0.5, 0.6) is 0 Å². The maximum atomic E-state index is 9.71. The van der Waals surface area contributed by atoms with Gasteiger partial charge in [0.15, 0.2) is 0 Å². The molecule has 0 saturated carbocycles. The first-order valence-corrected chi connectivity index (χ1v) is 9.59. The molecule has 148 valence electrons. The first-order chi connectivity index (χ1) is 13.4. The van der Waals surface area contributed by atoms with Crippen LogP contribution in [0.15, 0.2) is 47.6 Å². The Morgan fingerprint density at radius 2 is 1.75 bits per heavy atom. The molecule has 1 saturated heterocycles. The van der Waals surface area contributed by atoms with E-state index in [1.165, 1.54) is 0 Å². The van der Waals surface area contributed by atoms with E-state index in [1.54, 1.807) is 0 Å². The topological polar surface area (TPSA) is 61.0 Å². The van der Waals surface area contributed by atoms with Crippen LogP contribution in [0.1, 0.15) is 6.42 Å². The van der Waals surface area contributed by atoms with Gasteiger partial charge < -0.3 is 24.0 Å². The van der Waals surface area contributed by atoms with E-state index >= 15 is 0 Å². The fourth-order valence-electron chi connectivity index (χ4n) is 3.77. The van der Waals surface area contributed by atoms with E-state index in [0.29, 0.717) is 6.54 Å². The Kier molecular flexibility index (Phi) is 4.77. The van der Waals surface area contributed by atoms with Crippen LogP contribution >= 0.6 is 0 Å². The number of aromatic nitrogens is 2. The van der Waals surface area contributed by atoms with Crippen molar-refractivity contribution in [3.8, 4) is 0 Å². The standard InChI is InChI=1S/C21H28N6O/c1-24(2)17-9-10-19-20(13-17)26(4)21(25(19)3)23-22-15-5-7-16(8-6-15)27-12-11-18(28)14-27/h5-10,13,18,22,28H,11-12,14H2,1-4H3. The number of nitrogens with one attached hydrogen (secondary N) is 1. The van der Waals surface area contributed by atoms with Crippen molar-refractivity contribution in [2.45, 2.75) is 12.5 Å². The molecule has 4 rings (SSSR count). The summed E-state index contributed by atoms with van der Waals surface area (Å²) < 4.78 is 4.18. The summed E-state index contributed by atoms with van der Waals surface area (Å²) in [5.74, 6) is 0. The van der Waals surface area contributed by atoms with Gasteiger partial charge in [-0.15, -0.1) is 5.10 Å². The van der Waals surface area contributed by atoms with Crippen LogP contribution in [0.25, 0.3) is 11.0 Å². The van der Waals surface area contributed by atoms with Gasteiger partial charge in [-0.05, 0) is 48.9 Å². The number of imidazole rings is 1. The van der Waals surface area contributed by atoms with Crippen molar-refractivity contribution in [3.05, 3.63) is 48.1 Å². The van der Waals surface area contributed by atoms with E-state index in [1.807, 2.05) is 40.3 Å². The third-order valence-corrected chi connectivity index (χ3v) is 5.48. The molecule has 1 aliphatic heterocycles. The number of hydrogen-bond donors (Lipinski definition) is 2. The quantitative estimate of drug-likeness (QED) is 0.681. The Labute approximate surface area is 165 Å². The smallest absolute Gasteiger partial charge is 0.227 e. The number of benzene rings is 2. The number of anilines is 3. The van der Waals surface area contributed by atoms with Gasteiger partial charge in [-0.1, -0.05) is 0 Å². The Bertz CT molecular complexity index is 1050. The highest BCUT2D eigenvalue weighted by atomic mass is 16.3. The lowest BCUT2D eigenvalue weighted by Gasteiger charge is -2.17. The van der Waals surface area contributed by atoms with E-state index < -0.39 is 0 Å². The Morgan fingerprint density at radius 1 is 1.04 bits per heavy atom. The van der Waals surface area contributed by atoms with Crippen LogP contribution in [0.2, 0.25) is 0 Å². The minimum atomic E-state index is -0.215. The van der Waals surface area contributed by atoms with Gasteiger partial charge in [0.1, 0.15) is 0 Å². The monoisotopic (exact) mass is 380 g/mol. The number of β-amino-alcohol motifs (C(OH)–C–C–N with tert-alkyl or cyclic N) is 1. The van der Waals surface area contributed by atoms with Crippen molar-refractivity contribution in [1.82, 2.24) is 9.13 Å². The number of fused-ring (bicyclic) bond motifs is 1. The molecule has 1 atom stereocenters. The Morgan fingerprint density at radius 3 is 2.39 bits per heavy atom. The Balaban J connectivity index is 1.60. The second kappa shape index (κ2) is 7.24. The molecule has 2 aromatic carbocycles. The van der Waals surface area contributed by atoms with Gasteiger partial charge in [-0.2, -0.15) is 0 Å². The number of nitrogens with zero attached hydrogens (tertiary/aromatic N) is 5. The van der Waals surface area contributed by atoms with Gasteiger partial charge >= 0.3 is 0 Å². The molecular weight excluding hydrogens is 352 g/mol. The molecule has 2 heterocycles. The first kappa shape index (κ1) is 18.4. The van der Waals surface area contributed by atoms with Crippen LogP contribution in [0, 0.1) is 0 Å². The number of aryl methyl sites for hydroxylation is 2. The molecule has 0 radical (unpaired) electrons. The summed E-state index contributed by atoms with van der Waals surface area (Å²) in [7, 11) is 8.15. The van der Waals surface area contributed by atoms with Gasteiger partial charge in [-0.25, -0.2) is 0 Å². The SMILES string of the molecule is CN(C)c1ccc2c(c1)n(C)c(=NNc1ccc(N3CCC(O)C3)cc1)n2C. The van der Waals surface area contributed by atoms with Crippen LogP contribution in [0.4, 0.5) is 17.1 Å². The first-order valence-electron chi connectivity index (χ1n) is 9.59. The van der Waals surface area contributed by atoms with Crippen molar-refractivity contribution in [1.29, 1.82) is 0 Å². The third kappa shape index (κ3) is 3.33. The molecular formula is C21H28N6O. The number of rotatable bonds is 4. The third-order valence-electron chi connectivity index (χ3n) is 5.48. The van der Waals surface area contributed by atoms with Crippen LogP contribution in [-0.2, 0) is 14.1 Å². The molecule has 0 amide bonds. The van der Waals surface area contributed by atoms with Crippen molar-refractivity contribution < 1.29 is 5.11 Å². The molecule has 1 fully saturated rings. The molecule has 7 nitrogen and oxygen atoms in total. The summed E-state index contributed by atoms with van der Waals surface area (Å²) in [6.07, 6.45) is 0.620. The molecule has 0 aliphatic carbocycles. The van der Waals surface area contributed by atoms with Gasteiger partial charge in [-0.3, -0.25) is 5.43 Å². The van der Waals surface area contributed by atoms with Crippen LogP contribution < -0.4 is 20.8 Å². The largest absolute Gasteiger partial charge is 0.391 e. The Hall–Kier alpha value is -2.93. The summed E-state index contributed by atoms with van der Waals surface area (Å²) in [6.45, 7) is 1.61. The average molecular weight is 380 g/mol. The molecule has 7 heteroatoms. The molecule has 1 unspecified atom stereocenters. The van der Waals surface area contributed by atoms with Crippen molar-refractivity contribution >= 4 is 28.1 Å². The highest BCUT2D eigenvalue weighted by Gasteiger charge is 2.20. The van der Waals surface area contributed by atoms with E-state index in [-0.39, 0.29) is 6.10 Å². The van der Waals surface area contributed by atoms with Crippen LogP contribution in [-0.4, -0.2) is 47.5 Å². The van der Waals surface area contributed by atoms with E-state index in [4.69, 9.17) is 0 Å². The summed E-state index contributed by atoms with van der Waals surface area (Å²) in [4.78, 5) is 4.31. The zero-order chi connectivity index (χ0) is 19.8. The van der Waals surface area contributed by atoms with E-state index in [9.17, 15) is 5.11 Å². The predicted octanol–water partition coefficient (Wildman–Crippen LogP) is 2.08. The normalized spacial score (nSPS) is 17.5. The maximum Gasteiger partial charge on any atom is 0.227 e. The summed E-state index contributed by atoms with van der Waals surface area (Å²) >= 11 is 0. The average Bonchev–Trinajstić information content (AvgIpc) is 3.23. The summed E-state index contributed by atoms with van der Waals surface area (Å²) in [5.41, 5.74) is 9.52. The lowest BCUT2D eigenvalue weighted by molar-refractivity contribution is 0.198. The predicted molar refractivity (Wildman–Crippen MR) is 115 cm³/mol. The lowest BCUT2D eigenvalue weighted by Crippen LogP contribution is -2.23. The van der Waals surface area contributed by atoms with Crippen LogP contribution in [0.3, 0.4) is 0 Å². The summed E-state index contributed by atoms with van der Waals surface area (Å²) in [6, 6.07) is 14.6. The second-order valence-corrected chi connectivity index (χ2v) is 7.64. The van der Waals surface area contributed by atoms with Crippen molar-refractivity contribution in [3.63, 3.8) is 0 Å². The molecule has 3 aromatic rings. The maximum absolute atomic E-state index is 9.71. The van der Waals surface area contributed by atoms with Gasteiger partial charge in [0, 0.05) is 52.7 Å². The van der Waals surface area contributed by atoms with Gasteiger partial charge in [0.05, 0.1) is 22.8 Å². The molecule has 1 aliphatic rings. The molecule has 0 spiro atoms. The van der Waals surface area contributed by atoms with E-state index in [0.717, 1.165) is 46.7 Å². The van der Waals surface area contributed by atoms with E-state index in [2.05, 4.69) is 59.8 Å². The number of hydrogen-bond acceptors (Lipinski definition) is 5. The zero-order valence-corrected chi connectivity index (χ0v) is 16.9. The number of aliphatic hydroxyl groups excluding tert-OH is 1. The minimum absolute atomic E-state index is 0.215. The molecule has 0 bridgehead atoms. The van der Waals surface area contributed by atoms with Gasteiger partial charge in [0.2, 0.25) is 5.62 Å². The minimum Gasteiger partial charge on any atom is -0.391 e. The fourth-order valence-corrected chi connectivity index (χ4v) is 3.77. The fraction of sp³-hybridized carbons (Fsp3) is 0.381. The summed E-state index contributed by atoms with van der Waals surface area (Å²) in [5, 5.41) is 14.3.